The zero-order valence-corrected chi connectivity index (χ0v) is 19.8. The normalized spacial score (nSPS) is 18.1. The number of terminal acetylenes is 1. The lowest BCUT2D eigenvalue weighted by Crippen LogP contribution is -2.29. The fourth-order valence-electron chi connectivity index (χ4n) is 6.46. The molecule has 6 rings (SSSR count). The molecule has 0 fully saturated rings. The number of rotatable bonds is 3. The highest BCUT2D eigenvalue weighted by molar-refractivity contribution is 6.24. The first-order valence-electron chi connectivity index (χ1n) is 11.6. The molecule has 1 atom stereocenters. The lowest BCUT2D eigenvalue weighted by Gasteiger charge is -2.32. The van der Waals surface area contributed by atoms with Crippen molar-refractivity contribution in [2.75, 3.05) is 0 Å². The second-order valence-corrected chi connectivity index (χ2v) is 9.64. The average Bonchev–Trinajstić information content (AvgIpc) is 3.45. The summed E-state index contributed by atoms with van der Waals surface area (Å²) >= 11 is 0. The fraction of sp³-hybridized carbons (Fsp3) is 0.267. The van der Waals surface area contributed by atoms with Crippen LogP contribution in [0.2, 0.25) is 0 Å². The fourth-order valence-corrected chi connectivity index (χ4v) is 6.46. The first-order valence-corrected chi connectivity index (χ1v) is 11.6. The van der Waals surface area contributed by atoms with E-state index in [1.54, 1.807) is 0 Å². The molecule has 0 saturated carbocycles. The van der Waals surface area contributed by atoms with Gasteiger partial charge in [0, 0.05) is 62.3 Å². The first kappa shape index (κ1) is 21.2. The third kappa shape index (κ3) is 2.47. The SMILES string of the molecule is C#C.C=Cc1c(C=C)n2c3c1c1c(c4c5ccccc5n(c43)[C@@H](CC)CC2(C)C)C(=C)NC1. The van der Waals surface area contributed by atoms with Crippen LogP contribution in [-0.2, 0) is 12.1 Å². The number of nitrogens with zero attached hydrogens (tertiary/aromatic N) is 2. The molecule has 3 heteroatoms. The van der Waals surface area contributed by atoms with E-state index in [2.05, 4.69) is 92.1 Å². The molecule has 166 valence electrons. The summed E-state index contributed by atoms with van der Waals surface area (Å²) in [7, 11) is 0. The summed E-state index contributed by atoms with van der Waals surface area (Å²) < 4.78 is 5.19. The van der Waals surface area contributed by atoms with Crippen LogP contribution in [0.3, 0.4) is 0 Å². The Kier molecular flexibility index (Phi) is 4.62. The van der Waals surface area contributed by atoms with Crippen molar-refractivity contribution in [1.82, 2.24) is 14.5 Å². The van der Waals surface area contributed by atoms with Crippen LogP contribution in [0.1, 0.15) is 62.0 Å². The highest BCUT2D eigenvalue weighted by atomic mass is 15.1. The van der Waals surface area contributed by atoms with Gasteiger partial charge in [-0.3, -0.25) is 0 Å². The number of hydrogen-bond acceptors (Lipinski definition) is 1. The van der Waals surface area contributed by atoms with E-state index in [4.69, 9.17) is 0 Å². The Morgan fingerprint density at radius 2 is 1.85 bits per heavy atom. The Morgan fingerprint density at radius 3 is 2.52 bits per heavy atom. The number of hydrogen-bond donors (Lipinski definition) is 1. The van der Waals surface area contributed by atoms with Crippen LogP contribution in [0.5, 0.6) is 0 Å². The topological polar surface area (TPSA) is 21.9 Å². The number of benzene rings is 2. The summed E-state index contributed by atoms with van der Waals surface area (Å²) in [6.07, 6.45) is 14.2. The van der Waals surface area contributed by atoms with Gasteiger partial charge in [0.25, 0.3) is 0 Å². The van der Waals surface area contributed by atoms with E-state index >= 15 is 0 Å². The molecular weight excluding hydrogens is 402 g/mol. The zero-order chi connectivity index (χ0) is 23.7. The van der Waals surface area contributed by atoms with Gasteiger partial charge in [0.05, 0.1) is 11.0 Å². The van der Waals surface area contributed by atoms with Crippen molar-refractivity contribution in [1.29, 1.82) is 0 Å². The Balaban J connectivity index is 0.00000111. The minimum Gasteiger partial charge on any atom is -0.381 e. The Labute approximate surface area is 196 Å². The van der Waals surface area contributed by atoms with Gasteiger partial charge in [0.2, 0.25) is 0 Å². The quantitative estimate of drug-likeness (QED) is 0.333. The molecule has 2 aromatic heterocycles. The van der Waals surface area contributed by atoms with E-state index in [0.717, 1.165) is 25.1 Å². The molecule has 33 heavy (non-hydrogen) atoms. The van der Waals surface area contributed by atoms with Gasteiger partial charge in [-0.05, 0) is 44.4 Å². The van der Waals surface area contributed by atoms with Crippen LogP contribution in [-0.4, -0.2) is 9.13 Å². The maximum atomic E-state index is 4.41. The summed E-state index contributed by atoms with van der Waals surface area (Å²) in [6.45, 7) is 20.7. The number of aromatic nitrogens is 2. The van der Waals surface area contributed by atoms with Crippen LogP contribution >= 0.6 is 0 Å². The van der Waals surface area contributed by atoms with Crippen LogP contribution < -0.4 is 5.32 Å². The number of fused-ring (bicyclic) bond motifs is 6. The largest absolute Gasteiger partial charge is 0.381 e. The Bertz CT molecular complexity index is 1520. The summed E-state index contributed by atoms with van der Waals surface area (Å²) in [5.41, 5.74) is 9.97. The molecular formula is C30H31N3. The highest BCUT2D eigenvalue weighted by Gasteiger charge is 2.38. The van der Waals surface area contributed by atoms with E-state index in [1.165, 1.54) is 55.1 Å². The summed E-state index contributed by atoms with van der Waals surface area (Å²) in [4.78, 5) is 0. The molecule has 2 aliphatic rings. The van der Waals surface area contributed by atoms with Crippen LogP contribution in [0.4, 0.5) is 0 Å². The Morgan fingerprint density at radius 1 is 1.12 bits per heavy atom. The van der Waals surface area contributed by atoms with Crippen LogP contribution in [0.15, 0.2) is 44.0 Å². The van der Waals surface area contributed by atoms with Crippen molar-refractivity contribution in [3.05, 3.63) is 66.4 Å². The van der Waals surface area contributed by atoms with Crippen molar-refractivity contribution < 1.29 is 0 Å². The van der Waals surface area contributed by atoms with E-state index < -0.39 is 0 Å². The molecule has 0 bridgehead atoms. The second kappa shape index (κ2) is 7.18. The maximum Gasteiger partial charge on any atom is 0.0749 e. The first-order chi connectivity index (χ1) is 15.9. The molecule has 0 amide bonds. The molecule has 3 nitrogen and oxygen atoms in total. The van der Waals surface area contributed by atoms with E-state index in [9.17, 15) is 0 Å². The molecule has 0 aliphatic carbocycles. The molecule has 4 aromatic rings. The minimum atomic E-state index is -0.0476. The predicted molar refractivity (Wildman–Crippen MR) is 144 cm³/mol. The van der Waals surface area contributed by atoms with Crippen molar-refractivity contribution in [2.45, 2.75) is 51.7 Å². The van der Waals surface area contributed by atoms with E-state index in [1.807, 2.05) is 12.2 Å². The van der Waals surface area contributed by atoms with Gasteiger partial charge in [-0.2, -0.15) is 0 Å². The average molecular weight is 434 g/mol. The van der Waals surface area contributed by atoms with Crippen molar-refractivity contribution in [3.63, 3.8) is 0 Å². The number of para-hydroxylation sites is 1. The summed E-state index contributed by atoms with van der Waals surface area (Å²) in [5.74, 6) is 0. The molecule has 0 saturated heterocycles. The monoisotopic (exact) mass is 433 g/mol. The van der Waals surface area contributed by atoms with Gasteiger partial charge in [0.1, 0.15) is 0 Å². The van der Waals surface area contributed by atoms with Gasteiger partial charge >= 0.3 is 0 Å². The number of nitrogens with one attached hydrogen (secondary N) is 1. The lowest BCUT2D eigenvalue weighted by atomic mass is 9.93. The van der Waals surface area contributed by atoms with Gasteiger partial charge < -0.3 is 14.5 Å². The molecule has 0 unspecified atom stereocenters. The van der Waals surface area contributed by atoms with Crippen molar-refractivity contribution in [3.8, 4) is 12.8 Å². The third-order valence-corrected chi connectivity index (χ3v) is 7.59. The minimum absolute atomic E-state index is 0.0476. The van der Waals surface area contributed by atoms with Gasteiger partial charge in [-0.25, -0.2) is 0 Å². The van der Waals surface area contributed by atoms with Gasteiger partial charge in [-0.1, -0.05) is 50.9 Å². The zero-order valence-electron chi connectivity index (χ0n) is 19.8. The molecule has 0 spiro atoms. The Hall–Kier alpha value is -3.64. The standard InChI is InChI=1S/C28H29N3.C2H2/c1-7-17-14-28(5,6)31-21(9-3)18(8-2)24-20-15-29-16(4)23(20)25-19-12-10-11-13-22(19)30(17)26(25)27(24)31;1-2/h8-13,17,29H,2-4,7,14-15H2,1,5-6H3;1-2H/t17-;/m0./s1. The summed E-state index contributed by atoms with van der Waals surface area (Å²) in [5, 5.41) is 7.53. The van der Waals surface area contributed by atoms with Crippen LogP contribution in [0, 0.1) is 12.8 Å². The third-order valence-electron chi connectivity index (χ3n) is 7.59. The van der Waals surface area contributed by atoms with Gasteiger partial charge in [0.15, 0.2) is 0 Å². The molecule has 0 radical (unpaired) electrons. The van der Waals surface area contributed by atoms with Crippen molar-refractivity contribution >= 4 is 50.6 Å². The van der Waals surface area contributed by atoms with E-state index in [0.29, 0.717) is 6.04 Å². The maximum absolute atomic E-state index is 4.41. The smallest absolute Gasteiger partial charge is 0.0749 e. The molecule has 2 aromatic carbocycles. The highest BCUT2D eigenvalue weighted by Crippen LogP contribution is 2.52. The molecule has 1 N–H and O–H groups in total. The van der Waals surface area contributed by atoms with Crippen LogP contribution in [0.25, 0.3) is 50.6 Å². The predicted octanol–water partition coefficient (Wildman–Crippen LogP) is 7.45. The lowest BCUT2D eigenvalue weighted by molar-refractivity contribution is 0.279. The second-order valence-electron chi connectivity index (χ2n) is 9.64. The molecule has 4 heterocycles. The van der Waals surface area contributed by atoms with Gasteiger partial charge in [-0.15, -0.1) is 12.8 Å². The molecule has 2 aliphatic heterocycles. The van der Waals surface area contributed by atoms with E-state index in [-0.39, 0.29) is 5.54 Å². The summed E-state index contributed by atoms with van der Waals surface area (Å²) in [6, 6.07) is 9.32. The van der Waals surface area contributed by atoms with Crippen molar-refractivity contribution in [2.24, 2.45) is 0 Å².